The molecule has 3 heterocycles. The van der Waals surface area contributed by atoms with Crippen molar-refractivity contribution in [1.82, 2.24) is 19.6 Å². The second-order valence-electron chi connectivity index (χ2n) is 9.45. The number of aromatic nitrogens is 2. The molecule has 2 N–H and O–H groups in total. The molecule has 0 unspecified atom stereocenters. The van der Waals surface area contributed by atoms with E-state index in [1.807, 2.05) is 6.07 Å². The maximum absolute atomic E-state index is 13.2. The standard InChI is InChI=1S/C20H28F2N6O3S/c1-19(11-20(21,22)12-19)13-31-17-15(6-23)9-25-18(27-17)26-16-2-4-28(5-3-16)32(29,30)10-14-7-24-8-14/h9,14,16,24H,2-5,7-8,10-13H2,1H3,(H,25,26,27). The maximum atomic E-state index is 13.2. The minimum absolute atomic E-state index is 0.0181. The van der Waals surface area contributed by atoms with Crippen LogP contribution in [0, 0.1) is 22.7 Å². The fourth-order valence-corrected chi connectivity index (χ4v) is 6.30. The number of alkyl halides is 2. The molecule has 2 aliphatic heterocycles. The van der Waals surface area contributed by atoms with Gasteiger partial charge in [0.15, 0.2) is 0 Å². The highest BCUT2D eigenvalue weighted by atomic mass is 32.2. The number of halogens is 2. The third-order valence-electron chi connectivity index (χ3n) is 6.30. The van der Waals surface area contributed by atoms with Crippen LogP contribution in [-0.2, 0) is 10.0 Å². The van der Waals surface area contributed by atoms with E-state index in [0.29, 0.717) is 25.9 Å². The van der Waals surface area contributed by atoms with Crippen molar-refractivity contribution in [2.45, 2.75) is 44.6 Å². The highest BCUT2D eigenvalue weighted by molar-refractivity contribution is 7.89. The van der Waals surface area contributed by atoms with E-state index in [1.54, 1.807) is 11.2 Å². The van der Waals surface area contributed by atoms with Crippen molar-refractivity contribution >= 4 is 16.0 Å². The average Bonchev–Trinajstić information content (AvgIpc) is 2.68. The minimum Gasteiger partial charge on any atom is -0.476 e. The molecule has 3 fully saturated rings. The van der Waals surface area contributed by atoms with Gasteiger partial charge in [0.25, 0.3) is 0 Å². The number of piperidine rings is 1. The Hall–Kier alpha value is -2.10. The molecule has 0 amide bonds. The first-order valence-electron chi connectivity index (χ1n) is 10.8. The summed E-state index contributed by atoms with van der Waals surface area (Å²) in [5.41, 5.74) is -0.514. The molecular formula is C20H28F2N6O3S. The zero-order valence-corrected chi connectivity index (χ0v) is 18.8. The first-order valence-corrected chi connectivity index (χ1v) is 12.4. The van der Waals surface area contributed by atoms with Crippen molar-refractivity contribution in [2.24, 2.45) is 11.3 Å². The number of anilines is 1. The molecule has 1 aliphatic carbocycles. The number of hydrogen-bond donors (Lipinski definition) is 2. The quantitative estimate of drug-likeness (QED) is 0.588. The average molecular weight is 471 g/mol. The number of nitriles is 1. The van der Waals surface area contributed by atoms with Crippen LogP contribution in [0.3, 0.4) is 0 Å². The largest absolute Gasteiger partial charge is 0.476 e. The van der Waals surface area contributed by atoms with Crippen LogP contribution in [0.5, 0.6) is 5.88 Å². The van der Waals surface area contributed by atoms with Crippen molar-refractivity contribution in [1.29, 1.82) is 5.26 Å². The van der Waals surface area contributed by atoms with E-state index >= 15 is 0 Å². The molecule has 0 atom stereocenters. The summed E-state index contributed by atoms with van der Waals surface area (Å²) in [6.45, 7) is 4.11. The molecule has 0 bridgehead atoms. The Morgan fingerprint density at radius 1 is 1.34 bits per heavy atom. The zero-order chi connectivity index (χ0) is 23.0. The Kier molecular flexibility index (Phi) is 6.26. The Bertz CT molecular complexity index is 980. The highest BCUT2D eigenvalue weighted by Gasteiger charge is 2.54. The van der Waals surface area contributed by atoms with Crippen molar-refractivity contribution in [3.63, 3.8) is 0 Å². The summed E-state index contributed by atoms with van der Waals surface area (Å²) in [5, 5.41) is 15.6. The van der Waals surface area contributed by atoms with Crippen LogP contribution >= 0.6 is 0 Å². The van der Waals surface area contributed by atoms with Crippen LogP contribution in [-0.4, -0.2) is 73.2 Å². The van der Waals surface area contributed by atoms with Crippen LogP contribution in [0.15, 0.2) is 6.20 Å². The van der Waals surface area contributed by atoms with Gasteiger partial charge in [-0.2, -0.15) is 10.2 Å². The maximum Gasteiger partial charge on any atom is 0.249 e. The molecular weight excluding hydrogens is 442 g/mol. The third-order valence-corrected chi connectivity index (χ3v) is 8.34. The van der Waals surface area contributed by atoms with Gasteiger partial charge in [-0.3, -0.25) is 0 Å². The molecule has 4 rings (SSSR count). The van der Waals surface area contributed by atoms with E-state index in [9.17, 15) is 22.5 Å². The van der Waals surface area contributed by atoms with Gasteiger partial charge < -0.3 is 15.4 Å². The summed E-state index contributed by atoms with van der Waals surface area (Å²) < 4.78 is 58.7. The van der Waals surface area contributed by atoms with Crippen LogP contribution < -0.4 is 15.4 Å². The van der Waals surface area contributed by atoms with Crippen molar-refractivity contribution in [3.8, 4) is 11.9 Å². The van der Waals surface area contributed by atoms with Gasteiger partial charge in [-0.15, -0.1) is 0 Å². The first kappa shape index (κ1) is 23.1. The molecule has 32 heavy (non-hydrogen) atoms. The van der Waals surface area contributed by atoms with E-state index < -0.39 is 21.4 Å². The summed E-state index contributed by atoms with van der Waals surface area (Å²) in [4.78, 5) is 8.42. The Labute approximate surface area is 186 Å². The summed E-state index contributed by atoms with van der Waals surface area (Å²) in [6.07, 6.45) is 2.05. The highest BCUT2D eigenvalue weighted by Crippen LogP contribution is 2.51. The lowest BCUT2D eigenvalue weighted by atomic mass is 9.68. The summed E-state index contributed by atoms with van der Waals surface area (Å²) >= 11 is 0. The number of hydrogen-bond acceptors (Lipinski definition) is 8. The molecule has 0 aromatic carbocycles. The van der Waals surface area contributed by atoms with E-state index in [0.717, 1.165) is 13.1 Å². The molecule has 1 aromatic rings. The fraction of sp³-hybridized carbons (Fsp3) is 0.750. The predicted molar refractivity (Wildman–Crippen MR) is 113 cm³/mol. The summed E-state index contributed by atoms with van der Waals surface area (Å²) in [6, 6.07) is 1.94. The number of nitrogens with zero attached hydrogens (tertiary/aromatic N) is 4. The van der Waals surface area contributed by atoms with Gasteiger partial charge in [-0.1, -0.05) is 6.92 Å². The van der Waals surface area contributed by atoms with Crippen LogP contribution in [0.4, 0.5) is 14.7 Å². The number of rotatable bonds is 8. The van der Waals surface area contributed by atoms with Crippen LogP contribution in [0.1, 0.15) is 38.2 Å². The second-order valence-corrected chi connectivity index (χ2v) is 11.5. The molecule has 2 saturated heterocycles. The van der Waals surface area contributed by atoms with Gasteiger partial charge in [0, 0.05) is 50.5 Å². The predicted octanol–water partition coefficient (Wildman–Crippen LogP) is 1.59. The van der Waals surface area contributed by atoms with Gasteiger partial charge in [0.1, 0.15) is 11.6 Å². The molecule has 1 aromatic heterocycles. The van der Waals surface area contributed by atoms with Gasteiger partial charge in [0.2, 0.25) is 27.8 Å². The van der Waals surface area contributed by atoms with Crippen LogP contribution in [0.2, 0.25) is 0 Å². The lowest BCUT2D eigenvalue weighted by Gasteiger charge is -2.44. The lowest BCUT2D eigenvalue weighted by molar-refractivity contribution is -0.165. The Morgan fingerprint density at radius 3 is 2.59 bits per heavy atom. The molecule has 3 aliphatic rings. The number of sulfonamides is 1. The van der Waals surface area contributed by atoms with Crippen LogP contribution in [0.25, 0.3) is 0 Å². The second kappa shape index (κ2) is 8.68. The Morgan fingerprint density at radius 2 is 2.03 bits per heavy atom. The molecule has 12 heteroatoms. The van der Waals surface area contributed by atoms with Crippen molar-refractivity contribution in [3.05, 3.63) is 11.8 Å². The first-order chi connectivity index (χ1) is 15.1. The van der Waals surface area contributed by atoms with E-state index in [2.05, 4.69) is 20.6 Å². The smallest absolute Gasteiger partial charge is 0.249 e. The van der Waals surface area contributed by atoms with E-state index in [1.165, 1.54) is 6.20 Å². The van der Waals surface area contributed by atoms with Gasteiger partial charge >= 0.3 is 0 Å². The monoisotopic (exact) mass is 470 g/mol. The Balaban J connectivity index is 1.32. The summed E-state index contributed by atoms with van der Waals surface area (Å²) in [7, 11) is -3.26. The normalized spacial score (nSPS) is 23.6. The molecule has 1 saturated carbocycles. The molecule has 0 spiro atoms. The van der Waals surface area contributed by atoms with Crippen molar-refractivity contribution in [2.75, 3.05) is 43.9 Å². The fourth-order valence-electron chi connectivity index (χ4n) is 4.49. The number of nitrogens with one attached hydrogen (secondary N) is 2. The third kappa shape index (κ3) is 5.27. The van der Waals surface area contributed by atoms with E-state index in [4.69, 9.17) is 4.74 Å². The molecule has 0 radical (unpaired) electrons. The van der Waals surface area contributed by atoms with E-state index in [-0.39, 0.29) is 54.6 Å². The topological polar surface area (TPSA) is 120 Å². The SMILES string of the molecule is CC1(COc2nc(NC3CCN(S(=O)(=O)CC4CNC4)CC3)ncc2C#N)CC(F)(F)C1. The lowest BCUT2D eigenvalue weighted by Crippen LogP contribution is -2.50. The van der Waals surface area contributed by atoms with Crippen molar-refractivity contribution < 1.29 is 21.9 Å². The number of ether oxygens (including phenoxy) is 1. The zero-order valence-electron chi connectivity index (χ0n) is 18.0. The molecule has 176 valence electrons. The van der Waals surface area contributed by atoms with Gasteiger partial charge in [0.05, 0.1) is 18.6 Å². The summed E-state index contributed by atoms with van der Waals surface area (Å²) in [5.74, 6) is -1.95. The van der Waals surface area contributed by atoms with Gasteiger partial charge in [-0.05, 0) is 18.8 Å². The minimum atomic E-state index is -3.26. The van der Waals surface area contributed by atoms with Gasteiger partial charge in [-0.25, -0.2) is 26.5 Å². The molecule has 9 nitrogen and oxygen atoms in total.